The van der Waals surface area contributed by atoms with E-state index in [1.807, 2.05) is 18.2 Å². The fourth-order valence-corrected chi connectivity index (χ4v) is 6.52. The molecular weight excluding hydrogens is 442 g/mol. The minimum atomic E-state index is -0.0154. The van der Waals surface area contributed by atoms with Crippen LogP contribution in [-0.4, -0.2) is 21.1 Å². The van der Waals surface area contributed by atoms with Crippen LogP contribution in [0.25, 0.3) is 32.5 Å². The normalized spacial score (nSPS) is 13.5. The van der Waals surface area contributed by atoms with E-state index in [4.69, 9.17) is 9.72 Å². The van der Waals surface area contributed by atoms with Crippen LogP contribution >= 0.6 is 11.3 Å². The number of benzene rings is 2. The van der Waals surface area contributed by atoms with Crippen LogP contribution in [0.4, 0.5) is 0 Å². The quantitative estimate of drug-likeness (QED) is 0.334. The van der Waals surface area contributed by atoms with Crippen LogP contribution in [-0.2, 0) is 19.4 Å². The number of rotatable bonds is 5. The van der Waals surface area contributed by atoms with Gasteiger partial charge in [-0.25, -0.2) is 4.98 Å². The molecule has 5 nitrogen and oxygen atoms in total. The van der Waals surface area contributed by atoms with Gasteiger partial charge in [0.2, 0.25) is 0 Å². The molecule has 2 aromatic carbocycles. The van der Waals surface area contributed by atoms with Crippen LogP contribution in [0.1, 0.15) is 34.5 Å². The average Bonchev–Trinajstić information content (AvgIpc) is 3.34. The maximum absolute atomic E-state index is 13.2. The first-order valence-corrected chi connectivity index (χ1v) is 12.7. The highest BCUT2D eigenvalue weighted by Gasteiger charge is 2.22. The first-order valence-electron chi connectivity index (χ1n) is 11.9. The van der Waals surface area contributed by atoms with Crippen LogP contribution < -0.4 is 10.3 Å². The second kappa shape index (κ2) is 8.44. The Bertz CT molecular complexity index is 1590. The molecule has 34 heavy (non-hydrogen) atoms. The lowest BCUT2D eigenvalue weighted by atomic mass is 9.97. The molecule has 6 heteroatoms. The van der Waals surface area contributed by atoms with Crippen LogP contribution in [0.5, 0.6) is 5.75 Å². The fourth-order valence-electron chi connectivity index (χ4n) is 5.26. The van der Waals surface area contributed by atoms with Crippen LogP contribution in [0, 0.1) is 13.8 Å². The molecule has 172 valence electrons. The summed E-state index contributed by atoms with van der Waals surface area (Å²) in [6.07, 6.45) is 4.39. The molecule has 0 bridgehead atoms. The van der Waals surface area contributed by atoms with Crippen molar-refractivity contribution < 1.29 is 4.74 Å². The summed E-state index contributed by atoms with van der Waals surface area (Å²) < 4.78 is 8.31. The predicted molar refractivity (Wildman–Crippen MR) is 139 cm³/mol. The number of thiophene rings is 1. The summed E-state index contributed by atoms with van der Waals surface area (Å²) in [6.45, 7) is 5.44. The Labute approximate surface area is 202 Å². The van der Waals surface area contributed by atoms with Crippen molar-refractivity contribution >= 4 is 32.5 Å². The summed E-state index contributed by atoms with van der Waals surface area (Å²) in [5, 5.41) is 1.90. The highest BCUT2D eigenvalue weighted by atomic mass is 32.1. The van der Waals surface area contributed by atoms with Gasteiger partial charge in [0.05, 0.1) is 11.9 Å². The van der Waals surface area contributed by atoms with E-state index in [-0.39, 0.29) is 5.56 Å². The SMILES string of the molecule is Cc1cccc(OCCn2c(C)c(-c3nc4sc5c(c4c(=O)[nH]3)CCCC5)c3ccccc32)c1. The van der Waals surface area contributed by atoms with Crippen LogP contribution in [0.3, 0.4) is 0 Å². The van der Waals surface area contributed by atoms with E-state index >= 15 is 0 Å². The number of aromatic amines is 1. The molecule has 1 N–H and O–H groups in total. The van der Waals surface area contributed by atoms with Gasteiger partial charge in [-0.1, -0.05) is 30.3 Å². The number of aromatic nitrogens is 3. The number of nitrogens with zero attached hydrogens (tertiary/aromatic N) is 2. The van der Waals surface area contributed by atoms with Gasteiger partial charge in [0.15, 0.2) is 0 Å². The van der Waals surface area contributed by atoms with Crippen molar-refractivity contribution in [2.45, 2.75) is 46.1 Å². The fraction of sp³-hybridized carbons (Fsp3) is 0.286. The van der Waals surface area contributed by atoms with Crippen LogP contribution in [0.2, 0.25) is 0 Å². The van der Waals surface area contributed by atoms with Gasteiger partial charge in [-0.15, -0.1) is 11.3 Å². The summed E-state index contributed by atoms with van der Waals surface area (Å²) in [5.74, 6) is 1.54. The van der Waals surface area contributed by atoms with Gasteiger partial charge < -0.3 is 14.3 Å². The van der Waals surface area contributed by atoms with Gasteiger partial charge in [0.25, 0.3) is 5.56 Å². The molecule has 0 spiro atoms. The lowest BCUT2D eigenvalue weighted by Gasteiger charge is -2.11. The summed E-state index contributed by atoms with van der Waals surface area (Å²) >= 11 is 1.70. The van der Waals surface area contributed by atoms with Gasteiger partial charge in [0.1, 0.15) is 23.0 Å². The average molecular weight is 470 g/mol. The highest BCUT2D eigenvalue weighted by Crippen LogP contribution is 2.37. The molecule has 5 aromatic rings. The number of fused-ring (bicyclic) bond motifs is 4. The molecule has 0 amide bonds. The lowest BCUT2D eigenvalue weighted by molar-refractivity contribution is 0.299. The Morgan fingerprint density at radius 3 is 2.82 bits per heavy atom. The number of hydrogen-bond donors (Lipinski definition) is 1. The van der Waals surface area contributed by atoms with E-state index < -0.39 is 0 Å². The summed E-state index contributed by atoms with van der Waals surface area (Å²) in [5.41, 5.74) is 5.59. The molecule has 0 aliphatic heterocycles. The van der Waals surface area contributed by atoms with Gasteiger partial charge in [-0.2, -0.15) is 0 Å². The zero-order valence-electron chi connectivity index (χ0n) is 19.5. The molecule has 0 saturated heterocycles. The predicted octanol–water partition coefficient (Wildman–Crippen LogP) is 6.18. The van der Waals surface area contributed by atoms with Crippen molar-refractivity contribution in [2.24, 2.45) is 0 Å². The van der Waals surface area contributed by atoms with E-state index in [2.05, 4.69) is 53.7 Å². The Hall–Kier alpha value is -3.38. The molecule has 1 aliphatic carbocycles. The lowest BCUT2D eigenvalue weighted by Crippen LogP contribution is -2.12. The molecule has 0 atom stereocenters. The van der Waals surface area contributed by atoms with Crippen molar-refractivity contribution in [3.63, 3.8) is 0 Å². The van der Waals surface area contributed by atoms with Gasteiger partial charge in [0, 0.05) is 27.0 Å². The Morgan fingerprint density at radius 1 is 1.09 bits per heavy atom. The summed E-state index contributed by atoms with van der Waals surface area (Å²) in [4.78, 5) is 23.5. The minimum Gasteiger partial charge on any atom is -0.492 e. The third-order valence-corrected chi connectivity index (χ3v) is 8.05. The van der Waals surface area contributed by atoms with Crippen LogP contribution in [0.15, 0.2) is 53.3 Å². The number of ether oxygens (including phenoxy) is 1. The van der Waals surface area contributed by atoms with E-state index in [0.29, 0.717) is 19.0 Å². The van der Waals surface area contributed by atoms with Gasteiger partial charge in [-0.3, -0.25) is 4.79 Å². The zero-order valence-corrected chi connectivity index (χ0v) is 20.3. The molecule has 3 aromatic heterocycles. The van der Waals surface area contributed by atoms with E-state index in [1.165, 1.54) is 22.4 Å². The highest BCUT2D eigenvalue weighted by molar-refractivity contribution is 7.18. The molecular formula is C28H27N3O2S. The van der Waals surface area contributed by atoms with E-state index in [9.17, 15) is 4.79 Å². The van der Waals surface area contributed by atoms with E-state index in [0.717, 1.165) is 57.4 Å². The van der Waals surface area contributed by atoms with Crippen molar-refractivity contribution in [1.29, 1.82) is 0 Å². The minimum absolute atomic E-state index is 0.0154. The van der Waals surface area contributed by atoms with Crippen molar-refractivity contribution in [1.82, 2.24) is 14.5 Å². The summed E-state index contributed by atoms with van der Waals surface area (Å²) in [6, 6.07) is 16.4. The molecule has 0 saturated carbocycles. The first-order chi connectivity index (χ1) is 16.6. The molecule has 0 radical (unpaired) electrons. The van der Waals surface area contributed by atoms with Crippen molar-refractivity contribution in [3.05, 3.63) is 80.6 Å². The second-order valence-electron chi connectivity index (χ2n) is 9.10. The standard InChI is InChI=1S/C28H27N3O2S/c1-17-8-7-9-19(16-17)33-15-14-31-18(2)24(20-10-3-5-12-22(20)31)26-29-27(32)25-21-11-4-6-13-23(21)34-28(25)30-26/h3,5,7-10,12,16H,4,6,11,13-15H2,1-2H3,(H,29,30,32). The molecule has 0 fully saturated rings. The molecule has 0 unspecified atom stereocenters. The Morgan fingerprint density at radius 2 is 1.94 bits per heavy atom. The summed E-state index contributed by atoms with van der Waals surface area (Å²) in [7, 11) is 0. The first kappa shape index (κ1) is 21.2. The zero-order chi connectivity index (χ0) is 23.2. The van der Waals surface area contributed by atoms with Crippen molar-refractivity contribution in [3.8, 4) is 17.1 Å². The number of para-hydroxylation sites is 1. The second-order valence-corrected chi connectivity index (χ2v) is 10.2. The largest absolute Gasteiger partial charge is 0.492 e. The monoisotopic (exact) mass is 469 g/mol. The third kappa shape index (κ3) is 3.53. The Kier molecular flexibility index (Phi) is 5.26. The third-order valence-electron chi connectivity index (χ3n) is 6.87. The number of aryl methyl sites for hydroxylation is 3. The van der Waals surface area contributed by atoms with E-state index in [1.54, 1.807) is 11.3 Å². The van der Waals surface area contributed by atoms with Crippen molar-refractivity contribution in [2.75, 3.05) is 6.61 Å². The van der Waals surface area contributed by atoms with Gasteiger partial charge >= 0.3 is 0 Å². The molecule has 3 heterocycles. The molecule has 1 aliphatic rings. The number of nitrogens with one attached hydrogen (secondary N) is 1. The topological polar surface area (TPSA) is 59.9 Å². The Balaban J connectivity index is 1.41. The maximum Gasteiger partial charge on any atom is 0.260 e. The van der Waals surface area contributed by atoms with Gasteiger partial charge in [-0.05, 0) is 68.9 Å². The number of hydrogen-bond acceptors (Lipinski definition) is 4. The molecule has 6 rings (SSSR count). The number of H-pyrrole nitrogens is 1. The smallest absolute Gasteiger partial charge is 0.260 e. The maximum atomic E-state index is 13.2.